The Kier molecular flexibility index (Phi) is 4.82. The molecule has 6 aromatic carbocycles. The Balaban J connectivity index is 1.28. The average molecular weight is 515 g/mol. The van der Waals surface area contributed by atoms with Crippen LogP contribution in [0.15, 0.2) is 127 Å². The molecular formula is C38H30N2. The third kappa shape index (κ3) is 3.17. The van der Waals surface area contributed by atoms with E-state index < -0.39 is 0 Å². The van der Waals surface area contributed by atoms with Crippen molar-refractivity contribution in [1.82, 2.24) is 4.57 Å². The van der Waals surface area contributed by atoms with E-state index in [2.05, 4.69) is 158 Å². The molecule has 0 N–H and O–H groups in total. The summed E-state index contributed by atoms with van der Waals surface area (Å²) in [5.41, 5.74) is 11.6. The van der Waals surface area contributed by atoms with Crippen LogP contribution in [0.3, 0.4) is 0 Å². The van der Waals surface area contributed by atoms with E-state index in [1.807, 2.05) is 0 Å². The van der Waals surface area contributed by atoms with Gasteiger partial charge in [-0.25, -0.2) is 0 Å². The van der Waals surface area contributed by atoms with Crippen LogP contribution in [0.2, 0.25) is 0 Å². The molecule has 0 radical (unpaired) electrons. The Morgan fingerprint density at radius 3 is 2.08 bits per heavy atom. The number of hydrogen-bond acceptors (Lipinski definition) is 1. The second-order valence-electron chi connectivity index (χ2n) is 11.5. The van der Waals surface area contributed by atoms with Gasteiger partial charge in [-0.3, -0.25) is 0 Å². The zero-order valence-electron chi connectivity index (χ0n) is 23.0. The van der Waals surface area contributed by atoms with Gasteiger partial charge in [0.1, 0.15) is 0 Å². The maximum absolute atomic E-state index is 2.42. The first-order valence-electron chi connectivity index (χ1n) is 14.0. The molecule has 0 amide bonds. The minimum Gasteiger partial charge on any atom is -0.345 e. The Hall–Kier alpha value is -4.82. The quantitative estimate of drug-likeness (QED) is 0.228. The van der Waals surface area contributed by atoms with Crippen molar-refractivity contribution in [2.45, 2.75) is 19.3 Å². The molecule has 0 saturated heterocycles. The second-order valence-corrected chi connectivity index (χ2v) is 11.5. The van der Waals surface area contributed by atoms with Crippen LogP contribution in [0, 0.1) is 0 Å². The standard InChI is InChI=1S/C38H30N2/c1-38(2)33-16-8-6-14-29(33)30-21-19-27(24-34(30)38)39(3)26-20-22-37-32(23-26)31-15-7-9-17-36(31)40(37)35-18-10-12-25-11-4-5-13-28(25)35/h4-24H,1-3H3. The van der Waals surface area contributed by atoms with E-state index >= 15 is 0 Å². The van der Waals surface area contributed by atoms with Gasteiger partial charge in [0.05, 0.1) is 16.7 Å². The number of hydrogen-bond donors (Lipinski definition) is 0. The lowest BCUT2D eigenvalue weighted by molar-refractivity contribution is 0.660. The molecule has 2 heteroatoms. The van der Waals surface area contributed by atoms with Gasteiger partial charge < -0.3 is 9.47 Å². The maximum atomic E-state index is 2.42. The molecular weight excluding hydrogens is 484 g/mol. The fourth-order valence-corrected chi connectivity index (χ4v) is 6.88. The molecule has 0 bridgehead atoms. The van der Waals surface area contributed by atoms with E-state index in [0.29, 0.717) is 0 Å². The normalized spacial score (nSPS) is 13.6. The summed E-state index contributed by atoms with van der Waals surface area (Å²) in [6, 6.07) is 46.7. The molecule has 1 aliphatic rings. The first kappa shape index (κ1) is 23.1. The molecule has 1 heterocycles. The third-order valence-electron chi connectivity index (χ3n) is 9.01. The molecule has 0 aliphatic heterocycles. The first-order chi connectivity index (χ1) is 19.5. The summed E-state index contributed by atoms with van der Waals surface area (Å²) < 4.78 is 2.42. The Labute approximate surface area is 234 Å². The van der Waals surface area contributed by atoms with Crippen LogP contribution < -0.4 is 4.90 Å². The fraction of sp³-hybridized carbons (Fsp3) is 0.105. The van der Waals surface area contributed by atoms with E-state index in [-0.39, 0.29) is 5.41 Å². The van der Waals surface area contributed by atoms with E-state index in [0.717, 1.165) is 0 Å². The number of rotatable bonds is 3. The molecule has 8 rings (SSSR count). The largest absolute Gasteiger partial charge is 0.345 e. The molecule has 0 unspecified atom stereocenters. The zero-order valence-corrected chi connectivity index (χ0v) is 23.0. The monoisotopic (exact) mass is 514 g/mol. The molecule has 2 nitrogen and oxygen atoms in total. The lowest BCUT2D eigenvalue weighted by atomic mass is 9.82. The molecule has 1 aromatic heterocycles. The third-order valence-corrected chi connectivity index (χ3v) is 9.01. The number of benzene rings is 6. The lowest BCUT2D eigenvalue weighted by Crippen LogP contribution is -2.16. The molecule has 192 valence electrons. The summed E-state index contributed by atoms with van der Waals surface area (Å²) in [6.07, 6.45) is 0. The van der Waals surface area contributed by atoms with Gasteiger partial charge in [-0.2, -0.15) is 0 Å². The van der Waals surface area contributed by atoms with Gasteiger partial charge in [-0.15, -0.1) is 0 Å². The van der Waals surface area contributed by atoms with Crippen LogP contribution in [-0.4, -0.2) is 11.6 Å². The average Bonchev–Trinajstić information content (AvgIpc) is 3.45. The lowest BCUT2D eigenvalue weighted by Gasteiger charge is -2.25. The highest BCUT2D eigenvalue weighted by atomic mass is 15.1. The van der Waals surface area contributed by atoms with E-state index in [9.17, 15) is 0 Å². The van der Waals surface area contributed by atoms with Crippen LogP contribution in [0.25, 0.3) is 49.4 Å². The van der Waals surface area contributed by atoms with Crippen molar-refractivity contribution in [2.24, 2.45) is 0 Å². The molecule has 0 spiro atoms. The maximum Gasteiger partial charge on any atom is 0.0542 e. The number of fused-ring (bicyclic) bond motifs is 7. The molecule has 40 heavy (non-hydrogen) atoms. The van der Waals surface area contributed by atoms with Crippen molar-refractivity contribution in [2.75, 3.05) is 11.9 Å². The second kappa shape index (κ2) is 8.34. The van der Waals surface area contributed by atoms with Crippen LogP contribution >= 0.6 is 0 Å². The highest BCUT2D eigenvalue weighted by Crippen LogP contribution is 2.50. The number of anilines is 2. The van der Waals surface area contributed by atoms with Crippen LogP contribution in [0.4, 0.5) is 11.4 Å². The van der Waals surface area contributed by atoms with Crippen molar-refractivity contribution in [3.63, 3.8) is 0 Å². The van der Waals surface area contributed by atoms with Gasteiger partial charge in [0.25, 0.3) is 0 Å². The van der Waals surface area contributed by atoms with Crippen LogP contribution in [-0.2, 0) is 5.41 Å². The summed E-state index contributed by atoms with van der Waals surface area (Å²) in [5.74, 6) is 0. The highest BCUT2D eigenvalue weighted by Gasteiger charge is 2.35. The molecule has 7 aromatic rings. The van der Waals surface area contributed by atoms with Crippen molar-refractivity contribution < 1.29 is 0 Å². The van der Waals surface area contributed by atoms with Gasteiger partial charge in [0.15, 0.2) is 0 Å². The summed E-state index contributed by atoms with van der Waals surface area (Å²) in [6.45, 7) is 4.69. The van der Waals surface area contributed by atoms with Crippen molar-refractivity contribution in [3.05, 3.63) is 139 Å². The molecule has 0 saturated carbocycles. The fourth-order valence-electron chi connectivity index (χ4n) is 6.88. The summed E-state index contributed by atoms with van der Waals surface area (Å²) in [4.78, 5) is 2.32. The van der Waals surface area contributed by atoms with Crippen LogP contribution in [0.5, 0.6) is 0 Å². The predicted molar refractivity (Wildman–Crippen MR) is 170 cm³/mol. The Morgan fingerprint density at radius 2 is 1.18 bits per heavy atom. The van der Waals surface area contributed by atoms with Crippen molar-refractivity contribution in [3.8, 4) is 16.8 Å². The highest BCUT2D eigenvalue weighted by molar-refractivity contribution is 6.11. The smallest absolute Gasteiger partial charge is 0.0542 e. The number of para-hydroxylation sites is 1. The van der Waals surface area contributed by atoms with Gasteiger partial charge >= 0.3 is 0 Å². The minimum atomic E-state index is -0.0153. The topological polar surface area (TPSA) is 8.17 Å². The molecule has 0 atom stereocenters. The van der Waals surface area contributed by atoms with E-state index in [1.54, 1.807) is 0 Å². The number of aromatic nitrogens is 1. The van der Waals surface area contributed by atoms with Crippen molar-refractivity contribution >= 4 is 44.0 Å². The zero-order chi connectivity index (χ0) is 27.0. The molecule has 1 aliphatic carbocycles. The van der Waals surface area contributed by atoms with Crippen molar-refractivity contribution in [1.29, 1.82) is 0 Å². The predicted octanol–water partition coefficient (Wildman–Crippen LogP) is 10.0. The Morgan fingerprint density at radius 1 is 0.525 bits per heavy atom. The SMILES string of the molecule is CN(c1ccc2c(c1)C(C)(C)c1ccccc1-2)c1ccc2c(c1)c1ccccc1n2-c1cccc2ccccc12. The van der Waals surface area contributed by atoms with Gasteiger partial charge in [-0.05, 0) is 70.1 Å². The van der Waals surface area contributed by atoms with E-state index in [4.69, 9.17) is 0 Å². The molecule has 0 fully saturated rings. The van der Waals surface area contributed by atoms with Gasteiger partial charge in [-0.1, -0.05) is 98.8 Å². The van der Waals surface area contributed by atoms with Gasteiger partial charge in [0, 0.05) is 40.0 Å². The van der Waals surface area contributed by atoms with Gasteiger partial charge in [0.2, 0.25) is 0 Å². The summed E-state index contributed by atoms with van der Waals surface area (Å²) in [5, 5.41) is 5.05. The van der Waals surface area contributed by atoms with Crippen LogP contribution in [0.1, 0.15) is 25.0 Å². The Bertz CT molecular complexity index is 2110. The number of nitrogens with zero attached hydrogens (tertiary/aromatic N) is 2. The summed E-state index contributed by atoms with van der Waals surface area (Å²) in [7, 11) is 2.18. The summed E-state index contributed by atoms with van der Waals surface area (Å²) >= 11 is 0. The van der Waals surface area contributed by atoms with E-state index in [1.165, 1.54) is 71.9 Å². The first-order valence-corrected chi connectivity index (χ1v) is 14.0. The minimum absolute atomic E-state index is 0.0153.